The van der Waals surface area contributed by atoms with Crippen LogP contribution in [0.5, 0.6) is 0 Å². The predicted octanol–water partition coefficient (Wildman–Crippen LogP) is 3.42. The summed E-state index contributed by atoms with van der Waals surface area (Å²) in [5.74, 6) is 0. The molecule has 2 heterocycles. The summed E-state index contributed by atoms with van der Waals surface area (Å²) in [6, 6.07) is 0.468. The molecule has 16 heavy (non-hydrogen) atoms. The van der Waals surface area contributed by atoms with E-state index < -0.39 is 0 Å². The van der Waals surface area contributed by atoms with Gasteiger partial charge in [-0.2, -0.15) is 5.10 Å². The first kappa shape index (κ1) is 11.3. The molecule has 1 aromatic heterocycles. The Morgan fingerprint density at radius 3 is 2.94 bits per heavy atom. The van der Waals surface area contributed by atoms with Gasteiger partial charge < -0.3 is 4.74 Å². The van der Waals surface area contributed by atoms with Gasteiger partial charge in [0.1, 0.15) is 3.70 Å². The second-order valence-electron chi connectivity index (χ2n) is 4.78. The molecule has 2 fully saturated rings. The van der Waals surface area contributed by atoms with Crippen molar-refractivity contribution in [3.8, 4) is 0 Å². The third-order valence-electron chi connectivity index (χ3n) is 3.75. The van der Waals surface area contributed by atoms with Gasteiger partial charge in [0.15, 0.2) is 0 Å². The van der Waals surface area contributed by atoms with Gasteiger partial charge in [0, 0.05) is 12.8 Å². The smallest absolute Gasteiger partial charge is 0.141 e. The minimum Gasteiger partial charge on any atom is -0.375 e. The third kappa shape index (κ3) is 1.88. The molecule has 0 N–H and O–H groups in total. The molecule has 5 heteroatoms. The highest BCUT2D eigenvalue weighted by Gasteiger charge is 2.43. The van der Waals surface area contributed by atoms with E-state index in [1.807, 2.05) is 10.9 Å². The van der Waals surface area contributed by atoms with Gasteiger partial charge in [0.25, 0.3) is 0 Å². The van der Waals surface area contributed by atoms with Crippen molar-refractivity contribution >= 4 is 34.2 Å². The van der Waals surface area contributed by atoms with Gasteiger partial charge in [-0.15, -0.1) is 0 Å². The van der Waals surface area contributed by atoms with E-state index in [2.05, 4.69) is 27.7 Å². The lowest BCUT2D eigenvalue weighted by molar-refractivity contribution is -0.141. The van der Waals surface area contributed by atoms with Crippen LogP contribution < -0.4 is 0 Å². The Balaban J connectivity index is 1.79. The molecule has 1 aliphatic heterocycles. The van der Waals surface area contributed by atoms with Crippen molar-refractivity contribution < 1.29 is 4.74 Å². The normalized spacial score (nSPS) is 28.0. The fraction of sp³-hybridized carbons (Fsp3) is 0.727. The van der Waals surface area contributed by atoms with Gasteiger partial charge in [-0.25, -0.2) is 0 Å². The van der Waals surface area contributed by atoms with Crippen LogP contribution in [0.2, 0.25) is 5.02 Å². The summed E-state index contributed by atoms with van der Waals surface area (Å²) in [6.45, 7) is 0.860. The SMILES string of the molecule is Clc1cn(C2CCOC3(CCC3)C2)nc1I. The van der Waals surface area contributed by atoms with E-state index in [0.717, 1.165) is 28.2 Å². The van der Waals surface area contributed by atoms with Gasteiger partial charge in [-0.1, -0.05) is 11.6 Å². The van der Waals surface area contributed by atoms with Crippen LogP contribution in [0.3, 0.4) is 0 Å². The second kappa shape index (κ2) is 4.14. The molecular weight excluding hydrogens is 338 g/mol. The maximum Gasteiger partial charge on any atom is 0.141 e. The zero-order chi connectivity index (χ0) is 11.2. The lowest BCUT2D eigenvalue weighted by Gasteiger charge is -2.47. The highest BCUT2D eigenvalue weighted by molar-refractivity contribution is 14.1. The Hall–Kier alpha value is 0.190. The van der Waals surface area contributed by atoms with Crippen molar-refractivity contribution in [2.45, 2.75) is 43.7 Å². The van der Waals surface area contributed by atoms with Crippen molar-refractivity contribution in [1.29, 1.82) is 0 Å². The predicted molar refractivity (Wildman–Crippen MR) is 70.8 cm³/mol. The summed E-state index contributed by atoms with van der Waals surface area (Å²) in [5, 5.41) is 5.23. The van der Waals surface area contributed by atoms with Crippen molar-refractivity contribution in [2.24, 2.45) is 0 Å². The number of hydrogen-bond acceptors (Lipinski definition) is 2. The molecule has 3 rings (SSSR count). The largest absolute Gasteiger partial charge is 0.375 e. The fourth-order valence-corrected chi connectivity index (χ4v) is 3.21. The maximum atomic E-state index is 6.05. The van der Waals surface area contributed by atoms with E-state index in [4.69, 9.17) is 16.3 Å². The zero-order valence-corrected chi connectivity index (χ0v) is 11.9. The van der Waals surface area contributed by atoms with Gasteiger partial charge >= 0.3 is 0 Å². The Bertz CT molecular complexity index is 383. The molecule has 0 bridgehead atoms. The molecule has 2 aliphatic rings. The summed E-state index contributed by atoms with van der Waals surface area (Å²) in [5.41, 5.74) is 0.173. The first-order valence-electron chi connectivity index (χ1n) is 5.73. The van der Waals surface area contributed by atoms with Crippen molar-refractivity contribution in [1.82, 2.24) is 9.78 Å². The van der Waals surface area contributed by atoms with Crippen molar-refractivity contribution in [3.05, 3.63) is 14.9 Å². The van der Waals surface area contributed by atoms with Crippen molar-refractivity contribution in [2.75, 3.05) is 6.61 Å². The number of ether oxygens (including phenoxy) is 1. The van der Waals surface area contributed by atoms with E-state index in [-0.39, 0.29) is 5.60 Å². The minimum absolute atomic E-state index is 0.173. The van der Waals surface area contributed by atoms with Gasteiger partial charge in [-0.3, -0.25) is 4.68 Å². The molecule has 0 radical (unpaired) electrons. The molecule has 0 aromatic carbocycles. The molecule has 88 valence electrons. The Labute approximate surface area is 114 Å². The standard InChI is InChI=1S/C11H14ClIN2O/c12-9-7-15(14-10(9)13)8-2-5-16-11(6-8)3-1-4-11/h7-8H,1-6H2. The molecule has 1 aromatic rings. The van der Waals surface area contributed by atoms with Gasteiger partial charge in [0.05, 0.1) is 16.7 Å². The Morgan fingerprint density at radius 1 is 1.56 bits per heavy atom. The van der Waals surface area contributed by atoms with Gasteiger partial charge in [-0.05, 0) is 54.7 Å². The van der Waals surface area contributed by atoms with Crippen LogP contribution in [-0.2, 0) is 4.74 Å². The molecule has 1 saturated heterocycles. The van der Waals surface area contributed by atoms with Crippen LogP contribution >= 0.6 is 34.2 Å². The number of nitrogens with zero attached hydrogens (tertiary/aromatic N) is 2. The number of aromatic nitrogens is 2. The molecule has 1 aliphatic carbocycles. The number of halogens is 2. The van der Waals surface area contributed by atoms with Crippen LogP contribution in [0.25, 0.3) is 0 Å². The third-order valence-corrected chi connectivity index (χ3v) is 5.14. The average molecular weight is 353 g/mol. The summed E-state index contributed by atoms with van der Waals surface area (Å²) < 4.78 is 8.85. The molecular formula is C11H14ClIN2O. The Morgan fingerprint density at radius 2 is 2.38 bits per heavy atom. The average Bonchev–Trinajstić information content (AvgIpc) is 2.57. The van der Waals surface area contributed by atoms with Gasteiger partial charge in [0.2, 0.25) is 0 Å². The van der Waals surface area contributed by atoms with E-state index >= 15 is 0 Å². The van der Waals surface area contributed by atoms with E-state index in [1.54, 1.807) is 0 Å². The quantitative estimate of drug-likeness (QED) is 0.724. The van der Waals surface area contributed by atoms with E-state index in [9.17, 15) is 0 Å². The molecule has 1 atom stereocenters. The van der Waals surface area contributed by atoms with Crippen LogP contribution in [0.15, 0.2) is 6.20 Å². The fourth-order valence-electron chi connectivity index (χ4n) is 2.68. The molecule has 1 saturated carbocycles. The number of rotatable bonds is 1. The zero-order valence-electron chi connectivity index (χ0n) is 8.96. The van der Waals surface area contributed by atoms with Crippen LogP contribution in [-0.4, -0.2) is 22.0 Å². The highest BCUT2D eigenvalue weighted by atomic mass is 127. The van der Waals surface area contributed by atoms with E-state index in [0.29, 0.717) is 6.04 Å². The molecule has 1 spiro atoms. The first-order chi connectivity index (χ1) is 7.69. The number of hydrogen-bond donors (Lipinski definition) is 0. The summed E-state index contributed by atoms with van der Waals surface area (Å²) in [7, 11) is 0. The molecule has 0 amide bonds. The van der Waals surface area contributed by atoms with Crippen LogP contribution in [0, 0.1) is 3.70 Å². The maximum absolute atomic E-state index is 6.05. The highest BCUT2D eigenvalue weighted by Crippen LogP contribution is 2.45. The molecule has 1 unspecified atom stereocenters. The lowest BCUT2D eigenvalue weighted by Crippen LogP contribution is -2.46. The van der Waals surface area contributed by atoms with Crippen molar-refractivity contribution in [3.63, 3.8) is 0 Å². The van der Waals surface area contributed by atoms with E-state index in [1.165, 1.54) is 19.3 Å². The Kier molecular flexibility index (Phi) is 2.92. The topological polar surface area (TPSA) is 27.1 Å². The first-order valence-corrected chi connectivity index (χ1v) is 7.18. The monoisotopic (exact) mass is 352 g/mol. The second-order valence-corrected chi connectivity index (χ2v) is 6.21. The lowest BCUT2D eigenvalue weighted by atomic mass is 9.74. The molecule has 3 nitrogen and oxygen atoms in total. The van der Waals surface area contributed by atoms with Crippen LogP contribution in [0.4, 0.5) is 0 Å². The summed E-state index contributed by atoms with van der Waals surface area (Å²) >= 11 is 8.22. The summed E-state index contributed by atoms with van der Waals surface area (Å²) in [4.78, 5) is 0. The minimum atomic E-state index is 0.173. The summed E-state index contributed by atoms with van der Waals surface area (Å²) in [6.07, 6.45) is 7.85. The van der Waals surface area contributed by atoms with Crippen LogP contribution in [0.1, 0.15) is 38.1 Å².